The molecule has 0 unspecified atom stereocenters. The van der Waals surface area contributed by atoms with Crippen LogP contribution in [-0.2, 0) is 6.54 Å². The number of hydrogen-bond acceptors (Lipinski definition) is 3. The molecule has 0 aliphatic heterocycles. The van der Waals surface area contributed by atoms with Gasteiger partial charge in [0.05, 0.1) is 15.6 Å². The summed E-state index contributed by atoms with van der Waals surface area (Å²) in [6, 6.07) is 4.59. The van der Waals surface area contributed by atoms with Crippen molar-refractivity contribution in [3.8, 4) is 0 Å². The van der Waals surface area contributed by atoms with E-state index in [0.29, 0.717) is 32.4 Å². The van der Waals surface area contributed by atoms with Gasteiger partial charge >= 0.3 is 0 Å². The average Bonchev–Trinajstić information content (AvgIpc) is 3.19. The van der Waals surface area contributed by atoms with Crippen LogP contribution in [0.25, 0.3) is 0 Å². The molecule has 2 aromatic rings. The van der Waals surface area contributed by atoms with Crippen LogP contribution in [0.3, 0.4) is 0 Å². The van der Waals surface area contributed by atoms with Crippen LogP contribution in [0.15, 0.2) is 29.2 Å². The number of anilines is 1. The molecule has 1 aliphatic carbocycles. The standard InChI is InChI=1S/C14H12Cl2N2O2S/c15-10-5-11(21-13(10)16)14(20)17-9-3-4-12(19)18(7-9)6-8-1-2-8/h3-5,7-8H,1-2,6H2,(H,17,20). The Kier molecular flexibility index (Phi) is 4.06. The third kappa shape index (κ3) is 3.48. The average molecular weight is 343 g/mol. The molecule has 0 aromatic carbocycles. The molecule has 0 atom stereocenters. The summed E-state index contributed by atoms with van der Waals surface area (Å²) in [7, 11) is 0. The van der Waals surface area contributed by atoms with Crippen molar-refractivity contribution >= 4 is 46.1 Å². The van der Waals surface area contributed by atoms with E-state index in [0.717, 1.165) is 24.2 Å². The highest BCUT2D eigenvalue weighted by Crippen LogP contribution is 2.32. The molecule has 110 valence electrons. The van der Waals surface area contributed by atoms with Crippen LogP contribution in [0.2, 0.25) is 9.36 Å². The predicted octanol–water partition coefficient (Wildman–Crippen LogP) is 3.88. The maximum Gasteiger partial charge on any atom is 0.265 e. The molecule has 2 heterocycles. The van der Waals surface area contributed by atoms with Gasteiger partial charge < -0.3 is 9.88 Å². The zero-order chi connectivity index (χ0) is 15.0. The van der Waals surface area contributed by atoms with Crippen molar-refractivity contribution in [1.82, 2.24) is 4.57 Å². The summed E-state index contributed by atoms with van der Waals surface area (Å²) >= 11 is 12.8. The predicted molar refractivity (Wildman–Crippen MR) is 85.7 cm³/mol. The van der Waals surface area contributed by atoms with E-state index in [1.54, 1.807) is 16.8 Å². The molecule has 1 fully saturated rings. The lowest BCUT2D eigenvalue weighted by atomic mass is 10.3. The molecule has 21 heavy (non-hydrogen) atoms. The van der Waals surface area contributed by atoms with Gasteiger partial charge in [0.15, 0.2) is 0 Å². The fourth-order valence-electron chi connectivity index (χ4n) is 1.98. The molecule has 3 rings (SSSR count). The highest BCUT2D eigenvalue weighted by Gasteiger charge is 2.22. The monoisotopic (exact) mass is 342 g/mol. The molecule has 1 amide bonds. The highest BCUT2D eigenvalue weighted by atomic mass is 35.5. The van der Waals surface area contributed by atoms with E-state index in [1.807, 2.05) is 0 Å². The van der Waals surface area contributed by atoms with Crippen molar-refractivity contribution in [3.63, 3.8) is 0 Å². The number of carbonyl (C=O) groups is 1. The Hall–Kier alpha value is -1.30. The molecule has 4 nitrogen and oxygen atoms in total. The maximum atomic E-state index is 12.1. The number of rotatable bonds is 4. The number of amides is 1. The van der Waals surface area contributed by atoms with Gasteiger partial charge in [-0.15, -0.1) is 11.3 Å². The zero-order valence-corrected chi connectivity index (χ0v) is 13.3. The Balaban J connectivity index is 1.77. The van der Waals surface area contributed by atoms with Crippen LogP contribution < -0.4 is 10.9 Å². The Morgan fingerprint density at radius 3 is 2.76 bits per heavy atom. The van der Waals surface area contributed by atoms with Gasteiger partial charge in [-0.1, -0.05) is 23.2 Å². The van der Waals surface area contributed by atoms with Crippen LogP contribution in [0, 0.1) is 5.92 Å². The van der Waals surface area contributed by atoms with Gasteiger partial charge in [-0.3, -0.25) is 9.59 Å². The number of nitrogens with zero attached hydrogens (tertiary/aromatic N) is 1. The minimum Gasteiger partial charge on any atom is -0.320 e. The molecular formula is C14H12Cl2N2O2S. The van der Waals surface area contributed by atoms with Crippen molar-refractivity contribution < 1.29 is 4.79 Å². The van der Waals surface area contributed by atoms with Crippen molar-refractivity contribution in [2.24, 2.45) is 5.92 Å². The molecule has 0 saturated heterocycles. The van der Waals surface area contributed by atoms with Gasteiger partial charge in [-0.25, -0.2) is 0 Å². The van der Waals surface area contributed by atoms with E-state index >= 15 is 0 Å². The minimum atomic E-state index is -0.287. The minimum absolute atomic E-state index is 0.0536. The van der Waals surface area contributed by atoms with Crippen LogP contribution in [-0.4, -0.2) is 10.5 Å². The Morgan fingerprint density at radius 2 is 2.14 bits per heavy atom. The fourth-order valence-corrected chi connectivity index (χ4v) is 3.24. The number of aromatic nitrogens is 1. The Labute approximate surface area is 135 Å². The van der Waals surface area contributed by atoms with Gasteiger partial charge in [0, 0.05) is 18.8 Å². The number of halogens is 2. The molecule has 0 spiro atoms. The van der Waals surface area contributed by atoms with E-state index in [4.69, 9.17) is 23.2 Å². The summed E-state index contributed by atoms with van der Waals surface area (Å²) in [5.41, 5.74) is 0.531. The summed E-state index contributed by atoms with van der Waals surface area (Å²) in [5, 5.41) is 3.12. The first-order valence-electron chi connectivity index (χ1n) is 6.49. The molecule has 2 aromatic heterocycles. The van der Waals surface area contributed by atoms with Gasteiger partial charge in [0.25, 0.3) is 11.5 Å². The van der Waals surface area contributed by atoms with Crippen LogP contribution in [0.5, 0.6) is 0 Å². The first kappa shape index (κ1) is 14.6. The first-order valence-corrected chi connectivity index (χ1v) is 8.07. The van der Waals surface area contributed by atoms with Gasteiger partial charge in [0.2, 0.25) is 0 Å². The molecule has 7 heteroatoms. The second-order valence-electron chi connectivity index (χ2n) is 5.04. The van der Waals surface area contributed by atoms with Gasteiger partial charge in [0.1, 0.15) is 4.34 Å². The highest BCUT2D eigenvalue weighted by molar-refractivity contribution is 7.18. The number of nitrogens with one attached hydrogen (secondary N) is 1. The zero-order valence-electron chi connectivity index (χ0n) is 10.9. The fraction of sp³-hybridized carbons (Fsp3) is 0.286. The van der Waals surface area contributed by atoms with Gasteiger partial charge in [-0.05, 0) is 30.9 Å². The molecule has 1 N–H and O–H groups in total. The summed E-state index contributed by atoms with van der Waals surface area (Å²) in [6.45, 7) is 0.708. The number of hydrogen-bond donors (Lipinski definition) is 1. The van der Waals surface area contributed by atoms with Crippen molar-refractivity contribution in [2.75, 3.05) is 5.32 Å². The van der Waals surface area contributed by atoms with E-state index in [9.17, 15) is 9.59 Å². The lowest BCUT2D eigenvalue weighted by molar-refractivity contribution is 0.103. The Morgan fingerprint density at radius 1 is 1.38 bits per heavy atom. The summed E-state index contributed by atoms with van der Waals surface area (Å²) in [6.07, 6.45) is 4.00. The number of thiophene rings is 1. The smallest absolute Gasteiger partial charge is 0.265 e. The first-order chi connectivity index (χ1) is 10.0. The third-order valence-corrected chi connectivity index (χ3v) is 5.13. The summed E-state index contributed by atoms with van der Waals surface area (Å²) in [4.78, 5) is 24.3. The topological polar surface area (TPSA) is 51.1 Å². The molecule has 1 aliphatic rings. The van der Waals surface area contributed by atoms with Gasteiger partial charge in [-0.2, -0.15) is 0 Å². The van der Waals surface area contributed by atoms with E-state index < -0.39 is 0 Å². The largest absolute Gasteiger partial charge is 0.320 e. The van der Waals surface area contributed by atoms with Crippen molar-refractivity contribution in [3.05, 3.63) is 49.0 Å². The number of carbonyl (C=O) groups excluding carboxylic acids is 1. The Bertz CT molecular complexity index is 730. The third-order valence-electron chi connectivity index (χ3n) is 3.26. The van der Waals surface area contributed by atoms with E-state index in [1.165, 1.54) is 12.1 Å². The molecular weight excluding hydrogens is 331 g/mol. The SMILES string of the molecule is O=C(Nc1ccc(=O)n(CC2CC2)c1)c1cc(Cl)c(Cl)s1. The van der Waals surface area contributed by atoms with E-state index in [2.05, 4.69) is 5.32 Å². The van der Waals surface area contributed by atoms with Crippen molar-refractivity contribution in [2.45, 2.75) is 19.4 Å². The normalized spacial score (nSPS) is 14.2. The number of pyridine rings is 1. The lowest BCUT2D eigenvalue weighted by Gasteiger charge is -2.08. The summed E-state index contributed by atoms with van der Waals surface area (Å²) < 4.78 is 2.03. The molecule has 0 bridgehead atoms. The second-order valence-corrected chi connectivity index (χ2v) is 7.10. The van der Waals surface area contributed by atoms with Crippen LogP contribution in [0.1, 0.15) is 22.5 Å². The van der Waals surface area contributed by atoms with Crippen molar-refractivity contribution in [1.29, 1.82) is 0 Å². The molecule has 0 radical (unpaired) electrons. The second kappa shape index (κ2) is 5.83. The van der Waals surface area contributed by atoms with Crippen LogP contribution in [0.4, 0.5) is 5.69 Å². The lowest BCUT2D eigenvalue weighted by Crippen LogP contribution is -2.21. The van der Waals surface area contributed by atoms with Crippen LogP contribution >= 0.6 is 34.5 Å². The molecule has 1 saturated carbocycles. The summed E-state index contributed by atoms with van der Waals surface area (Å²) in [5.74, 6) is 0.300. The quantitative estimate of drug-likeness (QED) is 0.916. The maximum absolute atomic E-state index is 12.1. The van der Waals surface area contributed by atoms with E-state index in [-0.39, 0.29) is 11.5 Å².